The molecule has 3 rings (SSSR count). The first-order valence-corrected chi connectivity index (χ1v) is 15.2. The molecule has 0 aromatic heterocycles. The number of para-hydroxylation sites is 1. The van der Waals surface area contributed by atoms with Gasteiger partial charge in [-0.25, -0.2) is 8.42 Å². The predicted octanol–water partition coefficient (Wildman–Crippen LogP) is 4.99. The minimum atomic E-state index is -4.25. The molecular weight excluding hydrogens is 610 g/mol. The number of nitrogens with one attached hydrogen (secondary N) is 1. The number of hydrogen-bond donors (Lipinski definition) is 1. The second kappa shape index (κ2) is 13.4. The summed E-state index contributed by atoms with van der Waals surface area (Å²) in [6, 6.07) is 19.1. The summed E-state index contributed by atoms with van der Waals surface area (Å²) in [7, 11) is -1.38. The number of amides is 2. The van der Waals surface area contributed by atoms with E-state index >= 15 is 0 Å². The molecule has 0 aliphatic carbocycles. The molecule has 1 atom stereocenters. The SMILES string of the molecule is COc1ccc(S(=O)(=O)N(CC(=O)N(Cc2ccc(Br)cc2)[C@@H](C)C(=O)NC(C)(C)C)c2ccccc2)cc1OC. The summed E-state index contributed by atoms with van der Waals surface area (Å²) in [5.74, 6) is -0.292. The zero-order chi connectivity index (χ0) is 30.4. The van der Waals surface area contributed by atoms with Gasteiger partial charge in [-0.1, -0.05) is 46.3 Å². The molecule has 0 spiro atoms. The van der Waals surface area contributed by atoms with Crippen LogP contribution >= 0.6 is 15.9 Å². The van der Waals surface area contributed by atoms with Crippen molar-refractivity contribution in [2.24, 2.45) is 0 Å². The fourth-order valence-corrected chi connectivity index (χ4v) is 5.76. The van der Waals surface area contributed by atoms with E-state index in [1.807, 2.05) is 45.0 Å². The fourth-order valence-electron chi connectivity index (χ4n) is 4.07. The molecule has 0 aliphatic rings. The van der Waals surface area contributed by atoms with Gasteiger partial charge in [0.15, 0.2) is 11.5 Å². The van der Waals surface area contributed by atoms with Crippen molar-refractivity contribution in [1.82, 2.24) is 10.2 Å². The molecule has 0 saturated carbocycles. The van der Waals surface area contributed by atoms with Crippen molar-refractivity contribution in [2.45, 2.75) is 50.7 Å². The maximum atomic E-state index is 14.0. The van der Waals surface area contributed by atoms with Crippen LogP contribution in [0.1, 0.15) is 33.3 Å². The average Bonchev–Trinajstić information content (AvgIpc) is 2.94. The summed E-state index contributed by atoms with van der Waals surface area (Å²) >= 11 is 3.41. The number of halogens is 1. The Morgan fingerprint density at radius 1 is 0.927 bits per heavy atom. The van der Waals surface area contributed by atoms with E-state index in [0.29, 0.717) is 11.4 Å². The minimum Gasteiger partial charge on any atom is -0.493 e. The van der Waals surface area contributed by atoms with Crippen LogP contribution in [0.25, 0.3) is 0 Å². The number of ether oxygens (including phenoxy) is 2. The number of nitrogens with zero attached hydrogens (tertiary/aromatic N) is 2. The largest absolute Gasteiger partial charge is 0.493 e. The molecule has 3 aromatic carbocycles. The van der Waals surface area contributed by atoms with E-state index < -0.39 is 34.1 Å². The molecule has 220 valence electrons. The van der Waals surface area contributed by atoms with Crippen LogP contribution < -0.4 is 19.1 Å². The van der Waals surface area contributed by atoms with Crippen LogP contribution in [0.3, 0.4) is 0 Å². The molecular formula is C30H36BrN3O6S. The van der Waals surface area contributed by atoms with Crippen molar-refractivity contribution in [3.63, 3.8) is 0 Å². The van der Waals surface area contributed by atoms with E-state index in [2.05, 4.69) is 21.2 Å². The summed E-state index contributed by atoms with van der Waals surface area (Å²) < 4.78 is 40.5. The van der Waals surface area contributed by atoms with Gasteiger partial charge in [0.2, 0.25) is 11.8 Å². The van der Waals surface area contributed by atoms with Crippen LogP contribution in [0.4, 0.5) is 5.69 Å². The summed E-state index contributed by atoms with van der Waals surface area (Å²) in [6.45, 7) is 6.75. The second-order valence-electron chi connectivity index (χ2n) is 10.4. The van der Waals surface area contributed by atoms with Crippen LogP contribution in [0.2, 0.25) is 0 Å². The molecule has 0 aliphatic heterocycles. The highest BCUT2D eigenvalue weighted by atomic mass is 79.9. The number of carbonyl (C=O) groups is 2. The Balaban J connectivity index is 2.04. The third kappa shape index (κ3) is 8.23. The van der Waals surface area contributed by atoms with Gasteiger partial charge in [-0.3, -0.25) is 13.9 Å². The Hall–Kier alpha value is -3.57. The highest BCUT2D eigenvalue weighted by Crippen LogP contribution is 2.32. The number of hydrogen-bond acceptors (Lipinski definition) is 6. The van der Waals surface area contributed by atoms with Gasteiger partial charge in [-0.05, 0) is 69.7 Å². The van der Waals surface area contributed by atoms with E-state index in [4.69, 9.17) is 9.47 Å². The van der Waals surface area contributed by atoms with Gasteiger partial charge >= 0.3 is 0 Å². The lowest BCUT2D eigenvalue weighted by molar-refractivity contribution is -0.140. The van der Waals surface area contributed by atoms with Crippen molar-refractivity contribution >= 4 is 43.5 Å². The molecule has 0 fully saturated rings. The summed E-state index contributed by atoms with van der Waals surface area (Å²) in [5.41, 5.74) is 0.557. The predicted molar refractivity (Wildman–Crippen MR) is 163 cm³/mol. The molecule has 0 bridgehead atoms. The standard InChI is InChI=1S/C30H36BrN3O6S/c1-21(29(36)32-30(2,3)4)33(19-22-12-14-23(31)15-13-22)28(35)20-34(24-10-8-7-9-11-24)41(37,38)25-16-17-26(39-5)27(18-25)40-6/h7-18,21H,19-20H2,1-6H3,(H,32,36)/t21-/m0/s1. The maximum absolute atomic E-state index is 14.0. The van der Waals surface area contributed by atoms with Gasteiger partial charge in [-0.2, -0.15) is 0 Å². The zero-order valence-electron chi connectivity index (χ0n) is 24.0. The molecule has 1 N–H and O–H groups in total. The van der Waals surface area contributed by atoms with Crippen molar-refractivity contribution in [3.8, 4) is 11.5 Å². The topological polar surface area (TPSA) is 105 Å². The van der Waals surface area contributed by atoms with Crippen LogP contribution in [0.5, 0.6) is 11.5 Å². The Morgan fingerprint density at radius 2 is 1.54 bits per heavy atom. The van der Waals surface area contributed by atoms with Gasteiger partial charge in [0.05, 0.1) is 24.8 Å². The molecule has 0 saturated heterocycles. The highest BCUT2D eigenvalue weighted by molar-refractivity contribution is 9.10. The number of methoxy groups -OCH3 is 2. The van der Waals surface area contributed by atoms with Gasteiger partial charge in [-0.15, -0.1) is 0 Å². The van der Waals surface area contributed by atoms with Crippen molar-refractivity contribution in [1.29, 1.82) is 0 Å². The number of sulfonamides is 1. The van der Waals surface area contributed by atoms with E-state index in [-0.39, 0.29) is 23.1 Å². The highest BCUT2D eigenvalue weighted by Gasteiger charge is 2.33. The molecule has 41 heavy (non-hydrogen) atoms. The molecule has 9 nitrogen and oxygen atoms in total. The Kier molecular flexibility index (Phi) is 10.4. The average molecular weight is 647 g/mol. The molecule has 3 aromatic rings. The van der Waals surface area contributed by atoms with Gasteiger partial charge in [0.25, 0.3) is 10.0 Å². The lowest BCUT2D eigenvalue weighted by Gasteiger charge is -2.33. The monoisotopic (exact) mass is 645 g/mol. The summed E-state index contributed by atoms with van der Waals surface area (Å²) in [5, 5.41) is 2.92. The van der Waals surface area contributed by atoms with E-state index in [9.17, 15) is 18.0 Å². The Labute approximate surface area is 250 Å². The smallest absolute Gasteiger partial charge is 0.264 e. The zero-order valence-corrected chi connectivity index (χ0v) is 26.5. The van der Waals surface area contributed by atoms with Crippen LogP contribution in [0, 0.1) is 0 Å². The second-order valence-corrected chi connectivity index (χ2v) is 13.2. The van der Waals surface area contributed by atoms with Crippen LogP contribution in [-0.2, 0) is 26.2 Å². The van der Waals surface area contributed by atoms with Gasteiger partial charge in [0.1, 0.15) is 12.6 Å². The van der Waals surface area contributed by atoms with Gasteiger partial charge < -0.3 is 19.7 Å². The normalized spacial score (nSPS) is 12.3. The van der Waals surface area contributed by atoms with E-state index in [1.165, 1.54) is 37.3 Å². The third-order valence-electron chi connectivity index (χ3n) is 6.20. The molecule has 0 heterocycles. The number of rotatable bonds is 11. The lowest BCUT2D eigenvalue weighted by atomic mass is 10.1. The summed E-state index contributed by atoms with van der Waals surface area (Å²) in [4.78, 5) is 28.5. The molecule has 11 heteroatoms. The molecule has 2 amide bonds. The lowest BCUT2D eigenvalue weighted by Crippen LogP contribution is -2.54. The van der Waals surface area contributed by atoms with Gasteiger partial charge in [0, 0.05) is 22.6 Å². The molecule has 0 unspecified atom stereocenters. The van der Waals surface area contributed by atoms with Crippen molar-refractivity contribution in [2.75, 3.05) is 25.1 Å². The van der Waals surface area contributed by atoms with Crippen LogP contribution in [-0.4, -0.2) is 57.5 Å². The first-order chi connectivity index (χ1) is 19.3. The van der Waals surface area contributed by atoms with Crippen molar-refractivity contribution in [3.05, 3.63) is 82.8 Å². The molecule has 0 radical (unpaired) electrons. The quantitative estimate of drug-likeness (QED) is 0.315. The number of anilines is 1. The van der Waals surface area contributed by atoms with E-state index in [1.54, 1.807) is 37.3 Å². The van der Waals surface area contributed by atoms with Crippen molar-refractivity contribution < 1.29 is 27.5 Å². The Bertz CT molecular complexity index is 1460. The van der Waals surface area contributed by atoms with E-state index in [0.717, 1.165) is 14.3 Å². The maximum Gasteiger partial charge on any atom is 0.264 e. The minimum absolute atomic E-state index is 0.0789. The Morgan fingerprint density at radius 3 is 2.10 bits per heavy atom. The first kappa shape index (κ1) is 32.0. The third-order valence-corrected chi connectivity index (χ3v) is 8.50. The number of benzene rings is 3. The van der Waals surface area contributed by atoms with Crippen LogP contribution in [0.15, 0.2) is 82.2 Å². The summed E-state index contributed by atoms with van der Waals surface area (Å²) in [6.07, 6.45) is 0. The number of carbonyl (C=O) groups excluding carboxylic acids is 2. The first-order valence-electron chi connectivity index (χ1n) is 12.9. The fraction of sp³-hybridized carbons (Fsp3) is 0.333.